The van der Waals surface area contributed by atoms with Gasteiger partial charge in [0.15, 0.2) is 16.6 Å². The topological polar surface area (TPSA) is 71.0 Å². The fourth-order valence-corrected chi connectivity index (χ4v) is 3.68. The molecule has 1 unspecified atom stereocenters. The maximum absolute atomic E-state index is 12.7. The second kappa shape index (κ2) is 7.90. The van der Waals surface area contributed by atoms with Crippen molar-refractivity contribution in [2.75, 3.05) is 19.1 Å². The number of benzene rings is 2. The first-order valence-corrected chi connectivity index (χ1v) is 9.11. The molecular weight excluding hydrogens is 376 g/mol. The van der Waals surface area contributed by atoms with Crippen LogP contribution in [0.5, 0.6) is 11.5 Å². The van der Waals surface area contributed by atoms with Gasteiger partial charge in [-0.15, -0.1) is 0 Å². The van der Waals surface area contributed by atoms with Crippen molar-refractivity contribution in [3.05, 3.63) is 64.9 Å². The molecule has 0 amide bonds. The number of phenolic OH excluding ortho intramolecular Hbond substituents is 1. The van der Waals surface area contributed by atoms with Gasteiger partial charge >= 0.3 is 5.97 Å². The van der Waals surface area contributed by atoms with Gasteiger partial charge in [0.1, 0.15) is 0 Å². The number of hydrogen-bond acceptors (Lipinski definition) is 5. The number of allylic oxidation sites excluding steroid dienone is 1. The lowest BCUT2D eigenvalue weighted by Crippen LogP contribution is -2.48. The van der Waals surface area contributed by atoms with E-state index in [1.54, 1.807) is 12.1 Å². The molecule has 0 radical (unpaired) electrons. The van der Waals surface area contributed by atoms with Crippen LogP contribution in [0.15, 0.2) is 53.7 Å². The van der Waals surface area contributed by atoms with Gasteiger partial charge < -0.3 is 19.9 Å². The van der Waals surface area contributed by atoms with E-state index in [2.05, 4.69) is 5.32 Å². The second-order valence-corrected chi connectivity index (χ2v) is 6.87. The number of nitrogens with one attached hydrogen (secondary N) is 1. The summed E-state index contributed by atoms with van der Waals surface area (Å²) in [5.74, 6) is -0.123. The molecule has 2 aromatic carbocycles. The summed E-state index contributed by atoms with van der Waals surface area (Å²) in [4.78, 5) is 14.5. The zero-order valence-electron chi connectivity index (χ0n) is 16.1. The van der Waals surface area contributed by atoms with E-state index in [0.717, 1.165) is 16.8 Å². The van der Waals surface area contributed by atoms with E-state index in [-0.39, 0.29) is 5.75 Å². The highest BCUT2D eigenvalue weighted by molar-refractivity contribution is 7.80. The molecule has 1 heterocycles. The zero-order chi connectivity index (χ0) is 20.4. The fraction of sp³-hybridized carbons (Fsp3) is 0.238. The molecule has 0 fully saturated rings. The Morgan fingerprint density at radius 3 is 2.57 bits per heavy atom. The van der Waals surface area contributed by atoms with Crippen LogP contribution in [0, 0.1) is 6.92 Å². The molecule has 0 saturated heterocycles. The Labute approximate surface area is 169 Å². The lowest BCUT2D eigenvalue weighted by molar-refractivity contribution is -0.136. The smallest absolute Gasteiger partial charge is 0.337 e. The van der Waals surface area contributed by atoms with Crippen molar-refractivity contribution in [2.24, 2.45) is 0 Å². The Hall–Kier alpha value is -3.06. The van der Waals surface area contributed by atoms with E-state index in [0.29, 0.717) is 22.1 Å². The van der Waals surface area contributed by atoms with E-state index in [4.69, 9.17) is 21.7 Å². The molecule has 6 nitrogen and oxygen atoms in total. The van der Waals surface area contributed by atoms with E-state index < -0.39 is 12.0 Å². The molecular formula is C21H22N2O4S. The van der Waals surface area contributed by atoms with Crippen molar-refractivity contribution in [3.63, 3.8) is 0 Å². The molecule has 0 saturated carbocycles. The quantitative estimate of drug-likeness (QED) is 0.602. The predicted molar refractivity (Wildman–Crippen MR) is 112 cm³/mol. The summed E-state index contributed by atoms with van der Waals surface area (Å²) in [6.07, 6.45) is 0. The zero-order valence-corrected chi connectivity index (χ0v) is 17.0. The number of nitrogens with zero attached hydrogens (tertiary/aromatic N) is 1. The normalized spacial score (nSPS) is 16.6. The third-order valence-electron chi connectivity index (χ3n) is 4.69. The molecule has 0 aromatic heterocycles. The standard InChI is InChI=1S/C21H22N2O4S/c1-12-6-5-7-15(10-12)23-13(2)18(20(25)27-4)19(22-21(23)28)14-8-9-16(24)17(11-14)26-3/h5-11,19,24H,1-4H3,(H,22,28). The number of phenols is 1. The maximum atomic E-state index is 12.7. The molecule has 28 heavy (non-hydrogen) atoms. The number of aromatic hydroxyl groups is 1. The number of methoxy groups -OCH3 is 2. The molecule has 1 atom stereocenters. The van der Waals surface area contributed by atoms with Crippen molar-refractivity contribution in [3.8, 4) is 11.5 Å². The van der Waals surface area contributed by atoms with Crippen molar-refractivity contribution in [1.29, 1.82) is 0 Å². The molecule has 146 valence electrons. The van der Waals surface area contributed by atoms with E-state index in [1.807, 2.05) is 43.0 Å². The van der Waals surface area contributed by atoms with Crippen molar-refractivity contribution in [2.45, 2.75) is 19.9 Å². The van der Waals surface area contributed by atoms with Gasteiger partial charge in [0.2, 0.25) is 0 Å². The van der Waals surface area contributed by atoms with Crippen LogP contribution in [0.4, 0.5) is 5.69 Å². The third-order valence-corrected chi connectivity index (χ3v) is 4.99. The van der Waals surface area contributed by atoms with Gasteiger partial charge in [-0.2, -0.15) is 0 Å². The molecule has 0 aliphatic carbocycles. The average molecular weight is 398 g/mol. The number of carbonyl (C=O) groups excluding carboxylic acids is 1. The van der Waals surface area contributed by atoms with Crippen LogP contribution in [-0.4, -0.2) is 30.4 Å². The van der Waals surface area contributed by atoms with Crippen LogP contribution in [-0.2, 0) is 9.53 Å². The number of esters is 1. The van der Waals surface area contributed by atoms with E-state index in [1.165, 1.54) is 20.3 Å². The molecule has 2 aromatic rings. The van der Waals surface area contributed by atoms with Crippen molar-refractivity contribution >= 4 is 29.0 Å². The Bertz CT molecular complexity index is 971. The summed E-state index contributed by atoms with van der Waals surface area (Å²) in [6.45, 7) is 3.84. The van der Waals surface area contributed by atoms with E-state index in [9.17, 15) is 9.90 Å². The van der Waals surface area contributed by atoms with Crippen molar-refractivity contribution < 1.29 is 19.4 Å². The highest BCUT2D eigenvalue weighted by atomic mass is 32.1. The Morgan fingerprint density at radius 1 is 1.18 bits per heavy atom. The number of anilines is 1. The number of ether oxygens (including phenoxy) is 2. The minimum atomic E-state index is -0.532. The number of thiocarbonyl (C=S) groups is 1. The predicted octanol–water partition coefficient (Wildman–Crippen LogP) is 3.59. The first-order valence-electron chi connectivity index (χ1n) is 8.70. The lowest BCUT2D eigenvalue weighted by atomic mass is 9.94. The summed E-state index contributed by atoms with van der Waals surface area (Å²) in [6, 6.07) is 12.3. The van der Waals surface area contributed by atoms with Gasteiger partial charge in [0, 0.05) is 11.4 Å². The minimum Gasteiger partial charge on any atom is -0.504 e. The van der Waals surface area contributed by atoms with Crippen LogP contribution in [0.25, 0.3) is 0 Å². The number of aryl methyl sites for hydroxylation is 1. The number of carbonyl (C=O) groups is 1. The van der Waals surface area contributed by atoms with Gasteiger partial charge in [0.05, 0.1) is 25.8 Å². The van der Waals surface area contributed by atoms with Crippen LogP contribution in [0.2, 0.25) is 0 Å². The van der Waals surface area contributed by atoms with Gasteiger partial charge in [-0.25, -0.2) is 4.79 Å². The first kappa shape index (κ1) is 19.7. The van der Waals surface area contributed by atoms with Crippen LogP contribution in [0.3, 0.4) is 0 Å². The molecule has 1 aliphatic rings. The highest BCUT2D eigenvalue weighted by Gasteiger charge is 2.35. The first-order chi connectivity index (χ1) is 13.4. The lowest BCUT2D eigenvalue weighted by Gasteiger charge is -2.37. The number of rotatable bonds is 4. The average Bonchev–Trinajstić information content (AvgIpc) is 2.67. The Kier molecular flexibility index (Phi) is 5.56. The molecule has 3 rings (SSSR count). The Morgan fingerprint density at radius 2 is 1.93 bits per heavy atom. The fourth-order valence-electron chi connectivity index (χ4n) is 3.32. The molecule has 1 aliphatic heterocycles. The highest BCUT2D eigenvalue weighted by Crippen LogP contribution is 2.37. The number of hydrogen-bond donors (Lipinski definition) is 2. The molecule has 7 heteroatoms. The Balaban J connectivity index is 2.15. The van der Waals surface area contributed by atoms with E-state index >= 15 is 0 Å². The summed E-state index contributed by atoms with van der Waals surface area (Å²) in [7, 11) is 2.82. The van der Waals surface area contributed by atoms with Gasteiger partial charge in [0.25, 0.3) is 0 Å². The minimum absolute atomic E-state index is 0.0198. The summed E-state index contributed by atoms with van der Waals surface area (Å²) in [5.41, 5.74) is 3.78. The SMILES string of the molecule is COC(=O)C1=C(C)N(c2cccc(C)c2)C(=S)NC1c1ccc(O)c(OC)c1. The van der Waals surface area contributed by atoms with Gasteiger partial charge in [-0.05, 0) is 61.5 Å². The monoisotopic (exact) mass is 398 g/mol. The maximum Gasteiger partial charge on any atom is 0.337 e. The molecule has 0 spiro atoms. The van der Waals surface area contributed by atoms with Gasteiger partial charge in [-0.1, -0.05) is 18.2 Å². The molecule has 2 N–H and O–H groups in total. The summed E-state index contributed by atoms with van der Waals surface area (Å²) in [5, 5.41) is 13.6. The van der Waals surface area contributed by atoms with Crippen LogP contribution >= 0.6 is 12.2 Å². The largest absolute Gasteiger partial charge is 0.504 e. The van der Waals surface area contributed by atoms with Crippen molar-refractivity contribution in [1.82, 2.24) is 5.32 Å². The second-order valence-electron chi connectivity index (χ2n) is 6.48. The van der Waals surface area contributed by atoms with Gasteiger partial charge in [-0.3, -0.25) is 4.90 Å². The summed E-state index contributed by atoms with van der Waals surface area (Å²) < 4.78 is 10.3. The van der Waals surface area contributed by atoms with Crippen LogP contribution < -0.4 is 15.0 Å². The third kappa shape index (κ3) is 3.53. The summed E-state index contributed by atoms with van der Waals surface area (Å²) >= 11 is 5.62. The van der Waals surface area contributed by atoms with Crippen LogP contribution in [0.1, 0.15) is 24.1 Å². The molecule has 0 bridgehead atoms.